The SMILES string of the molecule is Cc1ccc(-n2c(SCC(=O)Nc3cc(C)on3)nc3c(-c4ccccc4)c[nH]c3c2=O)cc1. The zero-order valence-corrected chi connectivity index (χ0v) is 19.3. The number of rotatable bonds is 6. The molecule has 0 aliphatic carbocycles. The molecule has 2 aromatic carbocycles. The van der Waals surface area contributed by atoms with E-state index in [-0.39, 0.29) is 17.2 Å². The van der Waals surface area contributed by atoms with Gasteiger partial charge in [0.05, 0.1) is 11.4 Å². The fourth-order valence-corrected chi connectivity index (χ4v) is 4.44. The Morgan fingerprint density at radius 3 is 2.59 bits per heavy atom. The van der Waals surface area contributed by atoms with Crippen LogP contribution in [-0.2, 0) is 4.79 Å². The molecule has 5 rings (SSSR count). The van der Waals surface area contributed by atoms with Gasteiger partial charge in [-0.25, -0.2) is 4.98 Å². The highest BCUT2D eigenvalue weighted by atomic mass is 32.2. The van der Waals surface area contributed by atoms with Crippen LogP contribution in [0.4, 0.5) is 5.82 Å². The number of amides is 1. The summed E-state index contributed by atoms with van der Waals surface area (Å²) >= 11 is 1.18. The molecule has 0 bridgehead atoms. The second-order valence-electron chi connectivity index (χ2n) is 7.82. The van der Waals surface area contributed by atoms with Crippen molar-refractivity contribution in [2.24, 2.45) is 0 Å². The van der Waals surface area contributed by atoms with Gasteiger partial charge < -0.3 is 14.8 Å². The van der Waals surface area contributed by atoms with Crippen molar-refractivity contribution in [3.63, 3.8) is 0 Å². The lowest BCUT2D eigenvalue weighted by Crippen LogP contribution is -2.23. The fourth-order valence-electron chi connectivity index (χ4n) is 3.63. The molecule has 0 saturated carbocycles. The van der Waals surface area contributed by atoms with Gasteiger partial charge in [-0.05, 0) is 31.5 Å². The minimum atomic E-state index is -0.277. The number of anilines is 1. The summed E-state index contributed by atoms with van der Waals surface area (Å²) in [6.45, 7) is 3.73. The molecular formula is C25H21N5O3S. The first-order chi connectivity index (χ1) is 16.5. The fraction of sp³-hybridized carbons (Fsp3) is 0.120. The number of nitrogens with one attached hydrogen (secondary N) is 2. The topological polar surface area (TPSA) is 106 Å². The van der Waals surface area contributed by atoms with E-state index in [1.165, 1.54) is 16.3 Å². The number of carbonyl (C=O) groups is 1. The number of H-pyrrole nitrogens is 1. The second-order valence-corrected chi connectivity index (χ2v) is 8.76. The Kier molecular flexibility index (Phi) is 5.77. The molecule has 2 N–H and O–H groups in total. The molecule has 170 valence electrons. The van der Waals surface area contributed by atoms with Crippen molar-refractivity contribution < 1.29 is 9.32 Å². The van der Waals surface area contributed by atoms with Gasteiger partial charge in [0.2, 0.25) is 5.91 Å². The highest BCUT2D eigenvalue weighted by Gasteiger charge is 2.19. The number of aromatic amines is 1. The molecule has 1 amide bonds. The Morgan fingerprint density at radius 1 is 1.12 bits per heavy atom. The summed E-state index contributed by atoms with van der Waals surface area (Å²) in [7, 11) is 0. The lowest BCUT2D eigenvalue weighted by molar-refractivity contribution is -0.113. The Hall–Kier alpha value is -4.11. The Balaban J connectivity index is 1.56. The summed E-state index contributed by atoms with van der Waals surface area (Å²) in [5, 5.41) is 6.90. The molecule has 9 heteroatoms. The molecule has 5 aromatic rings. The standard InChI is InChI=1S/C25H21N5O3S/c1-15-8-10-18(11-9-15)30-24(32)23-22(19(13-26-23)17-6-4-3-5-7-17)28-25(30)34-14-21(31)27-20-12-16(2)33-29-20/h3-13,26H,14H2,1-2H3,(H,27,29,31). The van der Waals surface area contributed by atoms with Gasteiger partial charge in [0.1, 0.15) is 16.8 Å². The van der Waals surface area contributed by atoms with E-state index in [0.717, 1.165) is 16.7 Å². The summed E-state index contributed by atoms with van der Waals surface area (Å²) in [4.78, 5) is 34.0. The average molecular weight is 472 g/mol. The van der Waals surface area contributed by atoms with Crippen molar-refractivity contribution in [1.82, 2.24) is 19.7 Å². The molecule has 3 aromatic heterocycles. The van der Waals surface area contributed by atoms with Crippen molar-refractivity contribution in [1.29, 1.82) is 0 Å². The van der Waals surface area contributed by atoms with Gasteiger partial charge in [-0.1, -0.05) is 64.9 Å². The van der Waals surface area contributed by atoms with Crippen LogP contribution in [0.5, 0.6) is 0 Å². The van der Waals surface area contributed by atoms with Crippen molar-refractivity contribution >= 4 is 34.5 Å². The number of benzene rings is 2. The van der Waals surface area contributed by atoms with Crippen molar-refractivity contribution in [3.05, 3.63) is 88.5 Å². The van der Waals surface area contributed by atoms with Gasteiger partial charge in [0, 0.05) is 17.8 Å². The monoisotopic (exact) mass is 471 g/mol. The van der Waals surface area contributed by atoms with E-state index in [1.54, 1.807) is 19.2 Å². The Bertz CT molecular complexity index is 1530. The third-order valence-electron chi connectivity index (χ3n) is 5.27. The van der Waals surface area contributed by atoms with Gasteiger partial charge in [-0.2, -0.15) is 0 Å². The first-order valence-corrected chi connectivity index (χ1v) is 11.6. The first kappa shape index (κ1) is 21.7. The Labute approximate surface area is 199 Å². The number of fused-ring (bicyclic) bond motifs is 1. The summed E-state index contributed by atoms with van der Waals surface area (Å²) < 4.78 is 6.53. The zero-order chi connectivity index (χ0) is 23.7. The van der Waals surface area contributed by atoms with E-state index in [2.05, 4.69) is 15.5 Å². The summed E-state index contributed by atoms with van der Waals surface area (Å²) in [5.74, 6) is 0.713. The normalized spacial score (nSPS) is 11.1. The van der Waals surface area contributed by atoms with Gasteiger partial charge >= 0.3 is 0 Å². The van der Waals surface area contributed by atoms with E-state index in [1.807, 2.05) is 61.5 Å². The molecular weight excluding hydrogens is 450 g/mol. The number of aryl methyl sites for hydroxylation is 2. The second kappa shape index (κ2) is 9.03. The van der Waals surface area contributed by atoms with Gasteiger partial charge in [-0.3, -0.25) is 14.2 Å². The average Bonchev–Trinajstić information content (AvgIpc) is 3.45. The number of hydrogen-bond donors (Lipinski definition) is 2. The van der Waals surface area contributed by atoms with Gasteiger partial charge in [0.15, 0.2) is 11.0 Å². The molecule has 0 fully saturated rings. The zero-order valence-electron chi connectivity index (χ0n) is 18.5. The number of carbonyl (C=O) groups excluding carboxylic acids is 1. The predicted octanol–water partition coefficient (Wildman–Crippen LogP) is 4.72. The minimum absolute atomic E-state index is 0.0425. The summed E-state index contributed by atoms with van der Waals surface area (Å²) in [5.41, 5.74) is 4.27. The van der Waals surface area contributed by atoms with Crippen LogP contribution in [0, 0.1) is 13.8 Å². The third-order valence-corrected chi connectivity index (χ3v) is 6.21. The number of aromatic nitrogens is 4. The van der Waals surface area contributed by atoms with Crippen LogP contribution in [0.25, 0.3) is 27.8 Å². The molecule has 0 saturated heterocycles. The van der Waals surface area contributed by atoms with Crippen LogP contribution >= 0.6 is 11.8 Å². The maximum Gasteiger partial charge on any atom is 0.283 e. The highest BCUT2D eigenvalue weighted by Crippen LogP contribution is 2.29. The largest absolute Gasteiger partial charge is 0.360 e. The third kappa shape index (κ3) is 4.25. The van der Waals surface area contributed by atoms with Crippen molar-refractivity contribution in [2.45, 2.75) is 19.0 Å². The molecule has 3 heterocycles. The van der Waals surface area contributed by atoms with Crippen LogP contribution in [0.15, 0.2) is 81.3 Å². The minimum Gasteiger partial charge on any atom is -0.360 e. The highest BCUT2D eigenvalue weighted by molar-refractivity contribution is 7.99. The van der Waals surface area contributed by atoms with Crippen LogP contribution in [0.2, 0.25) is 0 Å². The molecule has 0 spiro atoms. The molecule has 0 aliphatic rings. The molecule has 0 unspecified atom stereocenters. The lowest BCUT2D eigenvalue weighted by Gasteiger charge is -2.12. The van der Waals surface area contributed by atoms with Crippen LogP contribution in [-0.4, -0.2) is 31.4 Å². The first-order valence-electron chi connectivity index (χ1n) is 10.6. The van der Waals surface area contributed by atoms with Crippen LogP contribution < -0.4 is 10.9 Å². The smallest absolute Gasteiger partial charge is 0.283 e. The van der Waals surface area contributed by atoms with Crippen molar-refractivity contribution in [2.75, 3.05) is 11.1 Å². The molecule has 8 nitrogen and oxygen atoms in total. The molecule has 34 heavy (non-hydrogen) atoms. The summed E-state index contributed by atoms with van der Waals surface area (Å²) in [6.07, 6.45) is 1.79. The maximum atomic E-state index is 13.6. The van der Waals surface area contributed by atoms with E-state index in [9.17, 15) is 9.59 Å². The van der Waals surface area contributed by atoms with Gasteiger partial charge in [0.25, 0.3) is 5.56 Å². The molecule has 0 aliphatic heterocycles. The molecule has 0 radical (unpaired) electrons. The van der Waals surface area contributed by atoms with E-state index in [0.29, 0.717) is 33.5 Å². The number of thioether (sulfide) groups is 1. The summed E-state index contributed by atoms with van der Waals surface area (Å²) in [6, 6.07) is 19.0. The van der Waals surface area contributed by atoms with Gasteiger partial charge in [-0.15, -0.1) is 0 Å². The van der Waals surface area contributed by atoms with E-state index < -0.39 is 0 Å². The van der Waals surface area contributed by atoms with E-state index >= 15 is 0 Å². The number of nitrogens with zero attached hydrogens (tertiary/aromatic N) is 3. The number of hydrogen-bond acceptors (Lipinski definition) is 6. The molecule has 0 atom stereocenters. The predicted molar refractivity (Wildman–Crippen MR) is 132 cm³/mol. The lowest BCUT2D eigenvalue weighted by atomic mass is 10.1. The Morgan fingerprint density at radius 2 is 1.88 bits per heavy atom. The van der Waals surface area contributed by atoms with Crippen LogP contribution in [0.1, 0.15) is 11.3 Å². The maximum absolute atomic E-state index is 13.6. The quantitative estimate of drug-likeness (QED) is 0.274. The van der Waals surface area contributed by atoms with Crippen molar-refractivity contribution in [3.8, 4) is 16.8 Å². The van der Waals surface area contributed by atoms with Crippen LogP contribution in [0.3, 0.4) is 0 Å². The van der Waals surface area contributed by atoms with E-state index in [4.69, 9.17) is 9.51 Å².